The van der Waals surface area contributed by atoms with Crippen molar-refractivity contribution in [2.24, 2.45) is 13.0 Å². The van der Waals surface area contributed by atoms with E-state index < -0.39 is 5.54 Å². The van der Waals surface area contributed by atoms with Gasteiger partial charge in [0.05, 0.1) is 41.2 Å². The Kier molecular flexibility index (Phi) is 4.42. The van der Waals surface area contributed by atoms with Crippen molar-refractivity contribution in [2.75, 3.05) is 5.73 Å². The van der Waals surface area contributed by atoms with E-state index in [1.54, 1.807) is 24.0 Å². The van der Waals surface area contributed by atoms with E-state index in [0.29, 0.717) is 42.2 Å². The van der Waals surface area contributed by atoms with Gasteiger partial charge in [0.25, 0.3) is 0 Å². The number of nitrogens with two attached hydrogens (primary N) is 1. The number of nitrogens with zero attached hydrogens (tertiary/aromatic N) is 8. The third-order valence-electron chi connectivity index (χ3n) is 6.23. The van der Waals surface area contributed by atoms with Crippen LogP contribution in [-0.2, 0) is 12.6 Å². The van der Waals surface area contributed by atoms with E-state index in [0.717, 1.165) is 22.2 Å². The van der Waals surface area contributed by atoms with Crippen molar-refractivity contribution >= 4 is 16.7 Å². The fourth-order valence-corrected chi connectivity index (χ4v) is 4.44. The second kappa shape index (κ2) is 7.17. The van der Waals surface area contributed by atoms with Crippen LogP contribution in [0.5, 0.6) is 0 Å². The van der Waals surface area contributed by atoms with Crippen LogP contribution in [0.2, 0.25) is 0 Å². The molecular weight excluding hydrogens is 402 g/mol. The van der Waals surface area contributed by atoms with Crippen molar-refractivity contribution in [3.63, 3.8) is 0 Å². The summed E-state index contributed by atoms with van der Waals surface area (Å²) in [6, 6.07) is 12.1. The Bertz CT molecular complexity index is 1400. The van der Waals surface area contributed by atoms with E-state index in [9.17, 15) is 10.5 Å². The van der Waals surface area contributed by atoms with Crippen LogP contribution in [0.4, 0.5) is 5.82 Å². The fraction of sp³-hybridized carbons (Fsp3) is 0.304. The molecule has 2 N–H and O–H groups in total. The highest BCUT2D eigenvalue weighted by Gasteiger charge is 2.47. The van der Waals surface area contributed by atoms with Gasteiger partial charge in [0.2, 0.25) is 0 Å². The average molecular weight is 423 g/mol. The molecule has 1 fully saturated rings. The molecule has 0 radical (unpaired) electrons. The first kappa shape index (κ1) is 19.7. The smallest absolute Gasteiger partial charge is 0.122 e. The Hall–Kier alpha value is -4.24. The van der Waals surface area contributed by atoms with Crippen molar-refractivity contribution in [2.45, 2.75) is 31.7 Å². The summed E-state index contributed by atoms with van der Waals surface area (Å²) in [4.78, 5) is 9.43. The fourth-order valence-electron chi connectivity index (χ4n) is 4.44. The number of aromatic nitrogens is 6. The summed E-state index contributed by atoms with van der Waals surface area (Å²) >= 11 is 0. The zero-order chi connectivity index (χ0) is 22.5. The molecule has 0 unspecified atom stereocenters. The molecule has 9 heteroatoms. The lowest BCUT2D eigenvalue weighted by Crippen LogP contribution is -2.46. The normalized spacial score (nSPS) is 19.9. The summed E-state index contributed by atoms with van der Waals surface area (Å²) in [5.74, 6) is 0.498. The Morgan fingerprint density at radius 3 is 2.69 bits per heavy atom. The Morgan fingerprint density at radius 1 is 1.19 bits per heavy atom. The van der Waals surface area contributed by atoms with E-state index in [-0.39, 0.29) is 5.92 Å². The predicted octanol–water partition coefficient (Wildman–Crippen LogP) is 3.33. The molecular formula is C23H21N9. The van der Waals surface area contributed by atoms with Crippen LogP contribution < -0.4 is 5.73 Å². The zero-order valence-electron chi connectivity index (χ0n) is 17.8. The Balaban J connectivity index is 1.67. The molecule has 0 saturated heterocycles. The van der Waals surface area contributed by atoms with Gasteiger partial charge in [-0.05, 0) is 43.5 Å². The van der Waals surface area contributed by atoms with Crippen LogP contribution in [0.25, 0.3) is 33.7 Å². The van der Waals surface area contributed by atoms with Crippen LogP contribution in [0.15, 0.2) is 36.7 Å². The molecule has 1 aliphatic carbocycles. The van der Waals surface area contributed by atoms with Crippen LogP contribution in [0, 0.1) is 35.5 Å². The number of nitrogen functional groups attached to an aromatic ring is 1. The lowest BCUT2D eigenvalue weighted by Gasteiger charge is -2.43. The summed E-state index contributed by atoms with van der Waals surface area (Å²) in [5, 5.41) is 28.9. The zero-order valence-corrected chi connectivity index (χ0v) is 17.8. The van der Waals surface area contributed by atoms with Gasteiger partial charge in [0.15, 0.2) is 0 Å². The topological polar surface area (TPSA) is 135 Å². The number of anilines is 1. The molecule has 0 atom stereocenters. The maximum atomic E-state index is 9.39. The third-order valence-corrected chi connectivity index (χ3v) is 6.23. The third kappa shape index (κ3) is 2.98. The molecule has 4 aromatic heterocycles. The SMILES string of the molecule is Cc1cn([C@]2(CC#N)C[C@H](C#N)C2)nc1-c1nc(-c2cc(N)n(C)n2)cc2ncccc12. The Labute approximate surface area is 184 Å². The van der Waals surface area contributed by atoms with Crippen molar-refractivity contribution in [3.05, 3.63) is 42.2 Å². The molecule has 4 heterocycles. The molecule has 4 aromatic rings. The first-order valence-corrected chi connectivity index (χ1v) is 10.3. The van der Waals surface area contributed by atoms with Gasteiger partial charge in [-0.1, -0.05) is 0 Å². The van der Waals surface area contributed by atoms with Gasteiger partial charge in [-0.15, -0.1) is 0 Å². The first-order chi connectivity index (χ1) is 15.4. The van der Waals surface area contributed by atoms with Gasteiger partial charge >= 0.3 is 0 Å². The van der Waals surface area contributed by atoms with Crippen molar-refractivity contribution in [3.8, 4) is 34.9 Å². The lowest BCUT2D eigenvalue weighted by atomic mass is 9.67. The van der Waals surface area contributed by atoms with Gasteiger partial charge in [-0.3, -0.25) is 14.3 Å². The van der Waals surface area contributed by atoms with Crippen molar-refractivity contribution < 1.29 is 0 Å². The summed E-state index contributed by atoms with van der Waals surface area (Å²) in [6.07, 6.45) is 5.26. The minimum atomic E-state index is -0.445. The van der Waals surface area contributed by atoms with Gasteiger partial charge in [-0.25, -0.2) is 4.98 Å². The second-order valence-corrected chi connectivity index (χ2v) is 8.40. The molecule has 1 saturated carbocycles. The van der Waals surface area contributed by atoms with E-state index >= 15 is 0 Å². The van der Waals surface area contributed by atoms with Crippen molar-refractivity contribution in [1.82, 2.24) is 29.5 Å². The molecule has 9 nitrogen and oxygen atoms in total. The molecule has 5 rings (SSSR count). The summed E-state index contributed by atoms with van der Waals surface area (Å²) < 4.78 is 3.47. The highest BCUT2D eigenvalue weighted by molar-refractivity contribution is 5.94. The van der Waals surface area contributed by atoms with E-state index in [4.69, 9.17) is 15.8 Å². The summed E-state index contributed by atoms with van der Waals surface area (Å²) in [7, 11) is 1.78. The number of hydrogen-bond donors (Lipinski definition) is 1. The van der Waals surface area contributed by atoms with Gasteiger partial charge < -0.3 is 5.73 Å². The number of fused-ring (bicyclic) bond motifs is 1. The molecule has 0 bridgehead atoms. The van der Waals surface area contributed by atoms with Crippen LogP contribution in [0.1, 0.15) is 24.8 Å². The molecule has 32 heavy (non-hydrogen) atoms. The Morgan fingerprint density at radius 2 is 2.00 bits per heavy atom. The second-order valence-electron chi connectivity index (χ2n) is 8.40. The standard InChI is InChI=1S/C23H21N9/c1-14-13-32(23(5-6-24)10-15(11-23)12-25)30-21(14)22-16-4-3-7-27-17(16)8-18(28-22)19-9-20(26)31(2)29-19/h3-4,7-9,13,15H,5,10-11,26H2,1-2H3/t15-,23+. The van der Waals surface area contributed by atoms with E-state index in [1.165, 1.54) is 0 Å². The quantitative estimate of drug-likeness (QED) is 0.532. The molecule has 1 aliphatic rings. The molecule has 0 aromatic carbocycles. The number of rotatable bonds is 4. The summed E-state index contributed by atoms with van der Waals surface area (Å²) in [6.45, 7) is 1.98. The molecule has 158 valence electrons. The number of nitriles is 2. The van der Waals surface area contributed by atoms with Gasteiger partial charge in [0, 0.05) is 30.9 Å². The minimum absolute atomic E-state index is 0.0441. The molecule has 0 spiro atoms. The maximum Gasteiger partial charge on any atom is 0.122 e. The van der Waals surface area contributed by atoms with E-state index in [1.807, 2.05) is 36.0 Å². The number of aryl methyl sites for hydroxylation is 2. The molecule has 0 amide bonds. The maximum absolute atomic E-state index is 9.39. The number of hydrogen-bond acceptors (Lipinski definition) is 7. The lowest BCUT2D eigenvalue weighted by molar-refractivity contribution is 0.0883. The largest absolute Gasteiger partial charge is 0.384 e. The molecule has 0 aliphatic heterocycles. The first-order valence-electron chi connectivity index (χ1n) is 10.3. The van der Waals surface area contributed by atoms with Gasteiger partial charge in [-0.2, -0.15) is 20.7 Å². The highest BCUT2D eigenvalue weighted by Crippen LogP contribution is 2.46. The average Bonchev–Trinajstić information content (AvgIpc) is 3.31. The number of pyridine rings is 2. The van der Waals surface area contributed by atoms with Crippen LogP contribution >= 0.6 is 0 Å². The van der Waals surface area contributed by atoms with Gasteiger partial charge in [0.1, 0.15) is 22.9 Å². The van der Waals surface area contributed by atoms with Crippen LogP contribution in [0.3, 0.4) is 0 Å². The van der Waals surface area contributed by atoms with Crippen LogP contribution in [-0.4, -0.2) is 29.5 Å². The predicted molar refractivity (Wildman–Crippen MR) is 119 cm³/mol. The highest BCUT2D eigenvalue weighted by atomic mass is 15.3. The van der Waals surface area contributed by atoms with Crippen molar-refractivity contribution in [1.29, 1.82) is 10.5 Å². The summed E-state index contributed by atoms with van der Waals surface area (Å²) in [5.41, 5.74) is 10.0. The van der Waals surface area contributed by atoms with E-state index in [2.05, 4.69) is 22.2 Å². The minimum Gasteiger partial charge on any atom is -0.384 e. The monoisotopic (exact) mass is 423 g/mol.